The molecule has 0 saturated carbocycles. The van der Waals surface area contributed by atoms with Crippen molar-refractivity contribution in [3.63, 3.8) is 0 Å². The van der Waals surface area contributed by atoms with Gasteiger partial charge in [-0.3, -0.25) is 4.31 Å². The number of aryl methyl sites for hydroxylation is 2. The zero-order valence-electron chi connectivity index (χ0n) is 12.1. The number of benzene rings is 2. The Morgan fingerprint density at radius 1 is 1.10 bits per heavy atom. The highest BCUT2D eigenvalue weighted by Crippen LogP contribution is 2.30. The maximum atomic E-state index is 12.7. The van der Waals surface area contributed by atoms with E-state index in [4.69, 9.17) is 5.73 Å². The average Bonchev–Trinajstić information content (AvgIpc) is 2.37. The van der Waals surface area contributed by atoms with Crippen molar-refractivity contribution in [3.8, 4) is 0 Å². The van der Waals surface area contributed by atoms with Gasteiger partial charge >= 0.3 is 0 Å². The van der Waals surface area contributed by atoms with E-state index in [1.807, 2.05) is 26.0 Å². The number of sulfonamides is 1. The van der Waals surface area contributed by atoms with Crippen LogP contribution in [0.25, 0.3) is 0 Å². The molecule has 0 saturated heterocycles. The Kier molecular flexibility index (Phi) is 4.30. The fourth-order valence-electron chi connectivity index (χ4n) is 2.19. The number of halogens is 1. The minimum atomic E-state index is -3.69. The second kappa shape index (κ2) is 5.69. The molecule has 2 aromatic rings. The number of anilines is 2. The van der Waals surface area contributed by atoms with Gasteiger partial charge in [-0.15, -0.1) is 0 Å². The summed E-state index contributed by atoms with van der Waals surface area (Å²) in [6, 6.07) is 10.4. The number of nitrogens with zero attached hydrogens (tertiary/aromatic N) is 1. The van der Waals surface area contributed by atoms with E-state index in [0.717, 1.165) is 15.6 Å². The lowest BCUT2D eigenvalue weighted by molar-refractivity contribution is 0.594. The molecule has 0 atom stereocenters. The Bertz CT molecular complexity index is 788. The van der Waals surface area contributed by atoms with Crippen LogP contribution >= 0.6 is 15.9 Å². The molecule has 21 heavy (non-hydrogen) atoms. The Morgan fingerprint density at radius 2 is 1.76 bits per heavy atom. The van der Waals surface area contributed by atoms with Crippen molar-refractivity contribution in [1.82, 2.24) is 0 Å². The van der Waals surface area contributed by atoms with Crippen molar-refractivity contribution in [1.29, 1.82) is 0 Å². The van der Waals surface area contributed by atoms with E-state index in [1.54, 1.807) is 18.2 Å². The van der Waals surface area contributed by atoms with Crippen molar-refractivity contribution in [2.24, 2.45) is 0 Å². The number of rotatable bonds is 3. The topological polar surface area (TPSA) is 63.4 Å². The molecule has 0 aliphatic carbocycles. The van der Waals surface area contributed by atoms with E-state index in [2.05, 4.69) is 15.9 Å². The van der Waals surface area contributed by atoms with E-state index < -0.39 is 10.0 Å². The quantitative estimate of drug-likeness (QED) is 0.843. The molecule has 6 heteroatoms. The Balaban J connectivity index is 2.52. The standard InChI is InChI=1S/C15H17BrN2O2S/c1-10-4-6-14(11(2)8-10)18(3)21(19,20)15-7-5-12(16)9-13(15)17/h4-9H,17H2,1-3H3. The monoisotopic (exact) mass is 368 g/mol. The molecule has 112 valence electrons. The first-order chi connectivity index (χ1) is 9.73. The van der Waals surface area contributed by atoms with Gasteiger partial charge < -0.3 is 5.73 Å². The lowest BCUT2D eigenvalue weighted by atomic mass is 10.1. The molecule has 0 bridgehead atoms. The largest absolute Gasteiger partial charge is 0.398 e. The Morgan fingerprint density at radius 3 is 2.33 bits per heavy atom. The predicted molar refractivity (Wildman–Crippen MR) is 90.1 cm³/mol. The normalized spacial score (nSPS) is 11.4. The smallest absolute Gasteiger partial charge is 0.266 e. The molecule has 0 unspecified atom stereocenters. The van der Waals surface area contributed by atoms with Crippen LogP contribution < -0.4 is 10.0 Å². The van der Waals surface area contributed by atoms with Crippen LogP contribution in [-0.4, -0.2) is 15.5 Å². The van der Waals surface area contributed by atoms with Gasteiger partial charge in [0.2, 0.25) is 0 Å². The first kappa shape index (κ1) is 15.9. The maximum Gasteiger partial charge on any atom is 0.266 e. The van der Waals surface area contributed by atoms with Crippen LogP contribution in [0.1, 0.15) is 11.1 Å². The molecule has 2 rings (SSSR count). The van der Waals surface area contributed by atoms with E-state index >= 15 is 0 Å². The summed E-state index contributed by atoms with van der Waals surface area (Å²) < 4.78 is 27.5. The molecular formula is C15H17BrN2O2S. The van der Waals surface area contributed by atoms with Crippen LogP contribution in [0.4, 0.5) is 11.4 Å². The van der Waals surface area contributed by atoms with Crippen molar-refractivity contribution < 1.29 is 8.42 Å². The number of nitrogen functional groups attached to an aromatic ring is 1. The van der Waals surface area contributed by atoms with Gasteiger partial charge in [0.05, 0.1) is 11.4 Å². The molecule has 0 amide bonds. The SMILES string of the molecule is Cc1ccc(N(C)S(=O)(=O)c2ccc(Br)cc2N)c(C)c1. The highest BCUT2D eigenvalue weighted by Gasteiger charge is 2.24. The molecule has 2 N–H and O–H groups in total. The molecule has 0 aliphatic heterocycles. The van der Waals surface area contributed by atoms with E-state index in [9.17, 15) is 8.42 Å². The summed E-state index contributed by atoms with van der Waals surface area (Å²) in [7, 11) is -2.15. The van der Waals surface area contributed by atoms with Crippen LogP contribution in [0.5, 0.6) is 0 Å². The summed E-state index contributed by atoms with van der Waals surface area (Å²) in [4.78, 5) is 0.105. The molecule has 0 radical (unpaired) electrons. The minimum absolute atomic E-state index is 0.105. The van der Waals surface area contributed by atoms with Gasteiger partial charge in [0, 0.05) is 11.5 Å². The van der Waals surface area contributed by atoms with Crippen molar-refractivity contribution in [2.75, 3.05) is 17.1 Å². The molecule has 0 aliphatic rings. The molecule has 4 nitrogen and oxygen atoms in total. The highest BCUT2D eigenvalue weighted by molar-refractivity contribution is 9.10. The highest BCUT2D eigenvalue weighted by atomic mass is 79.9. The molecule has 0 aromatic heterocycles. The molecule has 0 fully saturated rings. The van der Waals surface area contributed by atoms with Gasteiger partial charge in [0.25, 0.3) is 10.0 Å². The van der Waals surface area contributed by atoms with E-state index in [0.29, 0.717) is 5.69 Å². The van der Waals surface area contributed by atoms with Gasteiger partial charge in [-0.1, -0.05) is 33.6 Å². The summed E-state index contributed by atoms with van der Waals surface area (Å²) in [6.45, 7) is 3.86. The average molecular weight is 369 g/mol. The zero-order valence-corrected chi connectivity index (χ0v) is 14.5. The fraction of sp³-hybridized carbons (Fsp3) is 0.200. The maximum absolute atomic E-state index is 12.7. The summed E-state index contributed by atoms with van der Waals surface area (Å²) in [5.41, 5.74) is 8.70. The van der Waals surface area contributed by atoms with Gasteiger partial charge in [-0.05, 0) is 43.7 Å². The van der Waals surface area contributed by atoms with Crippen LogP contribution in [0.15, 0.2) is 45.8 Å². The number of nitrogens with two attached hydrogens (primary N) is 1. The second-order valence-corrected chi connectivity index (χ2v) is 7.80. The summed E-state index contributed by atoms with van der Waals surface area (Å²) in [5, 5.41) is 0. The van der Waals surface area contributed by atoms with Gasteiger partial charge in [-0.25, -0.2) is 8.42 Å². The van der Waals surface area contributed by atoms with Crippen LogP contribution in [-0.2, 0) is 10.0 Å². The Hall–Kier alpha value is -1.53. The second-order valence-electron chi connectivity index (χ2n) is 4.94. The number of hydrogen-bond donors (Lipinski definition) is 1. The van der Waals surface area contributed by atoms with Crippen LogP contribution in [0.2, 0.25) is 0 Å². The van der Waals surface area contributed by atoms with Gasteiger partial charge in [-0.2, -0.15) is 0 Å². The first-order valence-corrected chi connectivity index (χ1v) is 8.58. The van der Waals surface area contributed by atoms with Crippen molar-refractivity contribution >= 4 is 37.3 Å². The first-order valence-electron chi connectivity index (χ1n) is 6.34. The minimum Gasteiger partial charge on any atom is -0.398 e. The number of hydrogen-bond acceptors (Lipinski definition) is 3. The molecule has 0 heterocycles. The van der Waals surface area contributed by atoms with Crippen molar-refractivity contribution in [3.05, 3.63) is 52.0 Å². The third kappa shape index (κ3) is 3.06. The Labute approximate surface area is 133 Å². The van der Waals surface area contributed by atoms with Crippen LogP contribution in [0, 0.1) is 13.8 Å². The summed E-state index contributed by atoms with van der Waals surface area (Å²) >= 11 is 3.28. The third-order valence-corrected chi connectivity index (χ3v) is 5.64. The summed E-state index contributed by atoms with van der Waals surface area (Å²) in [5.74, 6) is 0. The van der Waals surface area contributed by atoms with Crippen LogP contribution in [0.3, 0.4) is 0 Å². The fourth-order valence-corrected chi connectivity index (χ4v) is 3.92. The predicted octanol–water partition coefficient (Wildman–Crippen LogP) is 3.47. The third-order valence-electron chi connectivity index (χ3n) is 3.30. The zero-order chi connectivity index (χ0) is 15.8. The van der Waals surface area contributed by atoms with Gasteiger partial charge in [0.1, 0.15) is 4.90 Å². The molecule has 0 spiro atoms. The molecule has 2 aromatic carbocycles. The summed E-state index contributed by atoms with van der Waals surface area (Å²) in [6.07, 6.45) is 0. The lowest BCUT2D eigenvalue weighted by Gasteiger charge is -2.22. The van der Waals surface area contributed by atoms with E-state index in [1.165, 1.54) is 17.4 Å². The molecular weight excluding hydrogens is 352 g/mol. The van der Waals surface area contributed by atoms with E-state index in [-0.39, 0.29) is 10.6 Å². The lowest BCUT2D eigenvalue weighted by Crippen LogP contribution is -2.28. The van der Waals surface area contributed by atoms with Gasteiger partial charge in [0.15, 0.2) is 0 Å². The van der Waals surface area contributed by atoms with Crippen molar-refractivity contribution in [2.45, 2.75) is 18.7 Å².